The maximum Gasteiger partial charge on any atom is 0.159 e. The van der Waals surface area contributed by atoms with Crippen LogP contribution in [0.3, 0.4) is 0 Å². The lowest BCUT2D eigenvalue weighted by Crippen LogP contribution is -2.15. The van der Waals surface area contributed by atoms with E-state index < -0.39 is 0 Å². The van der Waals surface area contributed by atoms with Gasteiger partial charge in [0.05, 0.1) is 11.9 Å². The molecule has 0 aliphatic carbocycles. The smallest absolute Gasteiger partial charge is 0.159 e. The Labute approximate surface area is 96.7 Å². The van der Waals surface area contributed by atoms with Gasteiger partial charge in [0.2, 0.25) is 0 Å². The second-order valence-electron chi connectivity index (χ2n) is 2.82. The first-order valence-corrected chi connectivity index (χ1v) is 4.92. The van der Waals surface area contributed by atoms with E-state index in [-0.39, 0.29) is 0 Å². The quantitative estimate of drug-likeness (QED) is 0.807. The van der Waals surface area contributed by atoms with E-state index in [1.165, 1.54) is 12.5 Å². The van der Waals surface area contributed by atoms with Gasteiger partial charge >= 0.3 is 0 Å². The molecule has 0 saturated heterocycles. The van der Waals surface area contributed by atoms with Gasteiger partial charge in [-0.25, -0.2) is 9.97 Å². The molecule has 0 aromatic carbocycles. The van der Waals surface area contributed by atoms with Crippen molar-refractivity contribution in [2.45, 2.75) is 0 Å². The maximum atomic E-state index is 5.96. The second kappa shape index (κ2) is 3.96. The van der Waals surface area contributed by atoms with Gasteiger partial charge in [-0.05, 0) is 12.1 Å². The molecule has 0 saturated carbocycles. The van der Waals surface area contributed by atoms with Gasteiger partial charge in [-0.15, -0.1) is 0 Å². The molecule has 2 N–H and O–H groups in total. The van der Waals surface area contributed by atoms with Crippen molar-refractivity contribution in [3.8, 4) is 5.82 Å². The van der Waals surface area contributed by atoms with Gasteiger partial charge in [0.1, 0.15) is 16.3 Å². The van der Waals surface area contributed by atoms with Crippen molar-refractivity contribution in [2.75, 3.05) is 0 Å². The van der Waals surface area contributed by atoms with E-state index in [9.17, 15) is 0 Å². The first-order valence-electron chi connectivity index (χ1n) is 4.13. The summed E-state index contributed by atoms with van der Waals surface area (Å²) in [6, 6.07) is 3.63. The summed E-state index contributed by atoms with van der Waals surface area (Å²) in [7, 11) is 0. The van der Waals surface area contributed by atoms with E-state index in [0.29, 0.717) is 21.5 Å². The maximum absolute atomic E-state index is 5.96. The summed E-state index contributed by atoms with van der Waals surface area (Å²) >= 11 is 10.9. The number of aromatic nitrogens is 3. The molecule has 2 heterocycles. The van der Waals surface area contributed by atoms with Gasteiger partial charge < -0.3 is 5.73 Å². The van der Waals surface area contributed by atoms with Gasteiger partial charge in [0, 0.05) is 6.20 Å². The first-order chi connectivity index (χ1) is 7.20. The molecule has 0 unspecified atom stereocenters. The van der Waals surface area contributed by atoms with Crippen molar-refractivity contribution in [1.82, 2.24) is 14.5 Å². The third kappa shape index (κ3) is 1.84. The third-order valence-corrected chi connectivity index (χ3v) is 2.35. The Hall–Kier alpha value is -1.46. The zero-order valence-corrected chi connectivity index (χ0v) is 9.16. The predicted octanol–water partition coefficient (Wildman–Crippen LogP) is 1.55. The SMILES string of the molecule is NC(=S)c1cccn1-c1ncncc1Cl. The molecule has 15 heavy (non-hydrogen) atoms. The number of hydrogen-bond donors (Lipinski definition) is 1. The Morgan fingerprint density at radius 3 is 3.00 bits per heavy atom. The van der Waals surface area contributed by atoms with Gasteiger partial charge in [-0.3, -0.25) is 4.57 Å². The average Bonchev–Trinajstić information content (AvgIpc) is 2.67. The number of hydrogen-bond acceptors (Lipinski definition) is 3. The lowest BCUT2D eigenvalue weighted by atomic mass is 10.4. The van der Waals surface area contributed by atoms with Crippen molar-refractivity contribution in [1.29, 1.82) is 0 Å². The van der Waals surface area contributed by atoms with Crippen molar-refractivity contribution in [3.63, 3.8) is 0 Å². The molecule has 0 radical (unpaired) electrons. The molecule has 0 fully saturated rings. The fourth-order valence-electron chi connectivity index (χ4n) is 1.25. The zero-order valence-electron chi connectivity index (χ0n) is 7.59. The molecule has 0 bridgehead atoms. The van der Waals surface area contributed by atoms with Crippen LogP contribution in [0.4, 0.5) is 0 Å². The Morgan fingerprint density at radius 2 is 2.33 bits per heavy atom. The minimum atomic E-state index is 0.301. The van der Waals surface area contributed by atoms with Crippen molar-refractivity contribution >= 4 is 28.8 Å². The Bertz CT molecular complexity index is 508. The lowest BCUT2D eigenvalue weighted by molar-refractivity contribution is 0.973. The van der Waals surface area contributed by atoms with Gasteiger partial charge in [0.15, 0.2) is 5.82 Å². The van der Waals surface area contributed by atoms with Crippen molar-refractivity contribution in [2.24, 2.45) is 5.73 Å². The summed E-state index contributed by atoms with van der Waals surface area (Å²) in [4.78, 5) is 8.18. The average molecular weight is 239 g/mol. The van der Waals surface area contributed by atoms with Crippen LogP contribution in [0, 0.1) is 0 Å². The van der Waals surface area contributed by atoms with Gasteiger partial charge in [-0.2, -0.15) is 0 Å². The summed E-state index contributed by atoms with van der Waals surface area (Å²) in [5.74, 6) is 0.569. The summed E-state index contributed by atoms with van der Waals surface area (Å²) in [6.07, 6.45) is 4.74. The van der Waals surface area contributed by atoms with Crippen LogP contribution in [0.15, 0.2) is 30.9 Å². The highest BCUT2D eigenvalue weighted by Crippen LogP contribution is 2.18. The Kier molecular flexibility index (Phi) is 2.66. The molecule has 76 valence electrons. The molecule has 4 nitrogen and oxygen atoms in total. The fourth-order valence-corrected chi connectivity index (χ4v) is 1.61. The first kappa shape index (κ1) is 10.1. The Morgan fingerprint density at radius 1 is 1.53 bits per heavy atom. The molecule has 0 spiro atoms. The molecule has 0 amide bonds. The minimum Gasteiger partial charge on any atom is -0.388 e. The molecule has 2 aromatic heterocycles. The van der Waals surface area contributed by atoms with Crippen LogP contribution in [-0.4, -0.2) is 19.5 Å². The predicted molar refractivity (Wildman–Crippen MR) is 62.3 cm³/mol. The molecule has 0 aliphatic rings. The lowest BCUT2D eigenvalue weighted by Gasteiger charge is -2.07. The van der Waals surface area contributed by atoms with Crippen LogP contribution in [0.2, 0.25) is 5.02 Å². The summed E-state index contributed by atoms with van der Waals surface area (Å²) < 4.78 is 1.73. The Balaban J connectivity index is 2.59. The number of nitrogens with two attached hydrogens (primary N) is 1. The largest absolute Gasteiger partial charge is 0.388 e. The van der Waals surface area contributed by atoms with E-state index in [1.807, 2.05) is 6.07 Å². The minimum absolute atomic E-state index is 0.301. The molecule has 0 aliphatic heterocycles. The van der Waals surface area contributed by atoms with E-state index in [0.717, 1.165) is 0 Å². The summed E-state index contributed by atoms with van der Waals surface area (Å²) in [5.41, 5.74) is 6.27. The van der Waals surface area contributed by atoms with Crippen LogP contribution in [0.25, 0.3) is 5.82 Å². The van der Waals surface area contributed by atoms with E-state index >= 15 is 0 Å². The normalized spacial score (nSPS) is 10.2. The number of halogens is 1. The van der Waals surface area contributed by atoms with E-state index in [1.54, 1.807) is 16.8 Å². The van der Waals surface area contributed by atoms with E-state index in [4.69, 9.17) is 29.6 Å². The van der Waals surface area contributed by atoms with Gasteiger partial charge in [-0.1, -0.05) is 23.8 Å². The third-order valence-electron chi connectivity index (χ3n) is 1.88. The molecular weight excluding hydrogens is 232 g/mol. The zero-order chi connectivity index (χ0) is 10.8. The van der Waals surface area contributed by atoms with Gasteiger partial charge in [0.25, 0.3) is 0 Å². The number of nitrogens with zero attached hydrogens (tertiary/aromatic N) is 3. The van der Waals surface area contributed by atoms with Crippen LogP contribution in [0.1, 0.15) is 5.69 Å². The van der Waals surface area contributed by atoms with Crippen molar-refractivity contribution in [3.05, 3.63) is 41.6 Å². The highest BCUT2D eigenvalue weighted by molar-refractivity contribution is 7.80. The second-order valence-corrected chi connectivity index (χ2v) is 3.67. The van der Waals surface area contributed by atoms with Crippen LogP contribution in [0.5, 0.6) is 0 Å². The molecule has 0 atom stereocenters. The molecule has 2 rings (SSSR count). The molecule has 6 heteroatoms. The standard InChI is InChI=1S/C9H7ClN4S/c10-6-4-12-5-13-9(6)14-3-1-2-7(14)8(11)15/h1-5H,(H2,11,15). The van der Waals surface area contributed by atoms with Crippen LogP contribution in [-0.2, 0) is 0 Å². The highest BCUT2D eigenvalue weighted by atomic mass is 35.5. The van der Waals surface area contributed by atoms with Crippen molar-refractivity contribution < 1.29 is 0 Å². The molecule has 2 aromatic rings. The number of rotatable bonds is 2. The highest BCUT2D eigenvalue weighted by Gasteiger charge is 2.09. The monoisotopic (exact) mass is 238 g/mol. The molecular formula is C9H7ClN4S. The fraction of sp³-hybridized carbons (Fsp3) is 0. The topological polar surface area (TPSA) is 56.7 Å². The number of thiocarbonyl (C=S) groups is 1. The van der Waals surface area contributed by atoms with E-state index in [2.05, 4.69) is 9.97 Å². The van der Waals surface area contributed by atoms with Crippen LogP contribution < -0.4 is 5.73 Å². The summed E-state index contributed by atoms with van der Waals surface area (Å²) in [6.45, 7) is 0. The summed E-state index contributed by atoms with van der Waals surface area (Å²) in [5, 5.41) is 0.450. The van der Waals surface area contributed by atoms with Crippen LogP contribution >= 0.6 is 23.8 Å².